The maximum absolute atomic E-state index is 2.35. The molecule has 1 unspecified atom stereocenters. The Morgan fingerprint density at radius 1 is 0.667 bits per heavy atom. The fourth-order valence-corrected chi connectivity index (χ4v) is 8.04. The quantitative estimate of drug-likeness (QED) is 0.210. The van der Waals surface area contributed by atoms with E-state index in [0.29, 0.717) is 0 Å². The monoisotopic (exact) mass is 421 g/mol. The standard InChI is InChI=1S/C28H21S2/c1-19-22-14-8-16-25(29-20-10-4-2-5-11-20)27(22)24-18-30(21-12-6-3-7-13-21)26-17-9-15-23(19)28(24)26/h2-17H,18H2,1H3/q+1. The lowest BCUT2D eigenvalue weighted by Gasteiger charge is -2.13. The minimum absolute atomic E-state index is 0.0976. The smallest absolute Gasteiger partial charge is 0.0894 e. The van der Waals surface area contributed by atoms with Crippen LogP contribution in [0.5, 0.6) is 0 Å². The highest BCUT2D eigenvalue weighted by Crippen LogP contribution is 2.48. The molecule has 2 heteroatoms. The van der Waals surface area contributed by atoms with Gasteiger partial charge in [-0.3, -0.25) is 0 Å². The number of aryl methyl sites for hydroxylation is 1. The van der Waals surface area contributed by atoms with Crippen LogP contribution in [0.2, 0.25) is 0 Å². The first-order valence-corrected chi connectivity index (χ1v) is 12.5. The molecular weight excluding hydrogens is 400 g/mol. The van der Waals surface area contributed by atoms with Crippen LogP contribution in [0.1, 0.15) is 11.1 Å². The normalized spacial score (nSPS) is 15.2. The summed E-state index contributed by atoms with van der Waals surface area (Å²) in [6.07, 6.45) is 0. The summed E-state index contributed by atoms with van der Waals surface area (Å²) >= 11 is 1.89. The molecule has 0 nitrogen and oxygen atoms in total. The Morgan fingerprint density at radius 3 is 2.10 bits per heavy atom. The van der Waals surface area contributed by atoms with E-state index in [1.807, 2.05) is 11.8 Å². The van der Waals surface area contributed by atoms with E-state index in [1.54, 1.807) is 0 Å². The van der Waals surface area contributed by atoms with Crippen molar-refractivity contribution in [1.82, 2.24) is 0 Å². The molecule has 0 aliphatic carbocycles. The molecule has 1 atom stereocenters. The van der Waals surface area contributed by atoms with E-state index in [0.717, 1.165) is 5.75 Å². The first kappa shape index (κ1) is 18.1. The van der Waals surface area contributed by atoms with E-state index in [9.17, 15) is 0 Å². The fraction of sp³-hybridized carbons (Fsp3) is 0.0714. The number of hydrogen-bond donors (Lipinski definition) is 0. The lowest BCUT2D eigenvalue weighted by molar-refractivity contribution is 1.39. The molecule has 144 valence electrons. The highest BCUT2D eigenvalue weighted by atomic mass is 32.2. The third-order valence-corrected chi connectivity index (χ3v) is 9.37. The van der Waals surface area contributed by atoms with Crippen molar-refractivity contribution in [2.75, 3.05) is 0 Å². The summed E-state index contributed by atoms with van der Waals surface area (Å²) in [5.74, 6) is 1.10. The summed E-state index contributed by atoms with van der Waals surface area (Å²) in [5, 5.41) is 5.77. The van der Waals surface area contributed by atoms with Crippen molar-refractivity contribution in [3.8, 4) is 0 Å². The van der Waals surface area contributed by atoms with Gasteiger partial charge in [0, 0.05) is 26.1 Å². The third-order valence-electron chi connectivity index (χ3n) is 6.02. The van der Waals surface area contributed by atoms with E-state index in [4.69, 9.17) is 0 Å². The van der Waals surface area contributed by atoms with Gasteiger partial charge in [0.1, 0.15) is 5.75 Å². The van der Waals surface area contributed by atoms with Crippen molar-refractivity contribution in [2.45, 2.75) is 32.3 Å². The van der Waals surface area contributed by atoms with Gasteiger partial charge in [0.25, 0.3) is 0 Å². The van der Waals surface area contributed by atoms with Gasteiger partial charge in [0.05, 0.1) is 10.9 Å². The van der Waals surface area contributed by atoms with Crippen LogP contribution in [0.25, 0.3) is 21.5 Å². The summed E-state index contributed by atoms with van der Waals surface area (Å²) in [7, 11) is 0.0976. The average Bonchev–Trinajstić information content (AvgIpc) is 3.19. The van der Waals surface area contributed by atoms with Gasteiger partial charge in [0.2, 0.25) is 0 Å². The molecular formula is C28H21S2+. The molecule has 1 aliphatic heterocycles. The SMILES string of the molecule is Cc1c2cccc(Sc3ccccc3)c2c2c3c(cccc13)[S+](c1ccccc1)C2. The van der Waals surface area contributed by atoms with Crippen molar-refractivity contribution in [1.29, 1.82) is 0 Å². The van der Waals surface area contributed by atoms with Gasteiger partial charge in [-0.2, -0.15) is 0 Å². The highest BCUT2D eigenvalue weighted by Gasteiger charge is 2.37. The fourth-order valence-electron chi connectivity index (χ4n) is 4.65. The molecule has 0 spiro atoms. The Labute approximate surface area is 184 Å². The van der Waals surface area contributed by atoms with Crippen molar-refractivity contribution < 1.29 is 0 Å². The summed E-state index contributed by atoms with van der Waals surface area (Å²) in [5.41, 5.74) is 2.94. The number of benzene rings is 5. The van der Waals surface area contributed by atoms with Crippen molar-refractivity contribution in [3.63, 3.8) is 0 Å². The molecule has 0 amide bonds. The van der Waals surface area contributed by atoms with Crippen LogP contribution in [0, 0.1) is 6.92 Å². The van der Waals surface area contributed by atoms with Gasteiger partial charge < -0.3 is 0 Å². The molecule has 0 fully saturated rings. The van der Waals surface area contributed by atoms with E-state index >= 15 is 0 Å². The first-order valence-electron chi connectivity index (χ1n) is 10.3. The van der Waals surface area contributed by atoms with Crippen LogP contribution in [-0.4, -0.2) is 0 Å². The van der Waals surface area contributed by atoms with Crippen molar-refractivity contribution >= 4 is 44.2 Å². The van der Waals surface area contributed by atoms with Crippen LogP contribution in [0.4, 0.5) is 0 Å². The second-order valence-corrected chi connectivity index (χ2v) is 10.8. The molecule has 30 heavy (non-hydrogen) atoms. The maximum Gasteiger partial charge on any atom is 0.169 e. The molecule has 0 N–H and O–H groups in total. The molecule has 5 aromatic carbocycles. The molecule has 1 aliphatic rings. The maximum atomic E-state index is 2.35. The molecule has 5 aromatic rings. The zero-order chi connectivity index (χ0) is 20.1. The molecule has 0 radical (unpaired) electrons. The van der Waals surface area contributed by atoms with Crippen molar-refractivity contribution in [3.05, 3.63) is 108 Å². The van der Waals surface area contributed by atoms with E-state index < -0.39 is 0 Å². The van der Waals surface area contributed by atoms with Crippen molar-refractivity contribution in [2.24, 2.45) is 0 Å². The Kier molecular flexibility index (Phi) is 4.36. The van der Waals surface area contributed by atoms with Gasteiger partial charge in [0.15, 0.2) is 9.79 Å². The van der Waals surface area contributed by atoms with Crippen LogP contribution in [-0.2, 0) is 16.6 Å². The number of rotatable bonds is 3. The Hall–Kier alpha value is -2.68. The summed E-state index contributed by atoms with van der Waals surface area (Å²) in [6, 6.07) is 35.5. The number of fused-ring (bicyclic) bond motifs is 2. The third kappa shape index (κ3) is 2.79. The lowest BCUT2D eigenvalue weighted by atomic mass is 9.93. The first-order chi connectivity index (χ1) is 14.8. The second-order valence-electron chi connectivity index (χ2n) is 7.72. The van der Waals surface area contributed by atoms with Gasteiger partial charge in [-0.25, -0.2) is 0 Å². The molecule has 6 rings (SSSR count). The van der Waals surface area contributed by atoms with E-state index in [1.165, 1.54) is 52.3 Å². The summed E-state index contributed by atoms with van der Waals surface area (Å²) in [4.78, 5) is 5.62. The van der Waals surface area contributed by atoms with Gasteiger partial charge >= 0.3 is 0 Å². The molecule has 0 aromatic heterocycles. The van der Waals surface area contributed by atoms with Crippen LogP contribution < -0.4 is 0 Å². The van der Waals surface area contributed by atoms with E-state index in [2.05, 4.69) is 104 Å². The van der Waals surface area contributed by atoms with Crippen LogP contribution in [0.15, 0.2) is 117 Å². The largest absolute Gasteiger partial charge is 0.169 e. The molecule has 0 saturated carbocycles. The van der Waals surface area contributed by atoms with Gasteiger partial charge in [-0.1, -0.05) is 72.4 Å². The second kappa shape index (κ2) is 7.23. The molecule has 1 heterocycles. The predicted molar refractivity (Wildman–Crippen MR) is 131 cm³/mol. The topological polar surface area (TPSA) is 0 Å². The Bertz CT molecular complexity index is 1390. The minimum atomic E-state index is 0.0976. The van der Waals surface area contributed by atoms with Crippen LogP contribution >= 0.6 is 11.8 Å². The molecule has 0 saturated heterocycles. The zero-order valence-corrected chi connectivity index (χ0v) is 18.4. The number of hydrogen-bond acceptors (Lipinski definition) is 1. The Balaban J connectivity index is 1.64. The lowest BCUT2D eigenvalue weighted by Crippen LogP contribution is -2.00. The highest BCUT2D eigenvalue weighted by molar-refractivity contribution is 7.99. The van der Waals surface area contributed by atoms with Crippen LogP contribution in [0.3, 0.4) is 0 Å². The average molecular weight is 422 g/mol. The van der Waals surface area contributed by atoms with Gasteiger partial charge in [-0.15, -0.1) is 0 Å². The minimum Gasteiger partial charge on any atom is -0.0894 e. The summed E-state index contributed by atoms with van der Waals surface area (Å²) in [6.45, 7) is 2.29. The van der Waals surface area contributed by atoms with Gasteiger partial charge in [-0.05, 0) is 59.7 Å². The van der Waals surface area contributed by atoms with E-state index in [-0.39, 0.29) is 10.9 Å². The Morgan fingerprint density at radius 2 is 1.33 bits per heavy atom. The zero-order valence-electron chi connectivity index (χ0n) is 16.8. The molecule has 0 bridgehead atoms. The summed E-state index contributed by atoms with van der Waals surface area (Å²) < 4.78 is 0. The predicted octanol–water partition coefficient (Wildman–Crippen LogP) is 8.00.